The van der Waals surface area contributed by atoms with Crippen molar-refractivity contribution in [2.75, 3.05) is 0 Å². The lowest BCUT2D eigenvalue weighted by atomic mass is 10.7. The molecule has 0 aliphatic heterocycles. The average Bonchev–Trinajstić information content (AvgIpc) is 1.94. The monoisotopic (exact) mass is 87.1 g/mol. The first-order chi connectivity index (χ1) is 2.73. The largest absolute Gasteiger partial charge is 0.325 e. The Morgan fingerprint density at radius 3 is 0.833 bits per heavy atom. The third-order valence-corrected chi connectivity index (χ3v) is 1.19. The van der Waals surface area contributed by atoms with Gasteiger partial charge >= 0.3 is 0 Å². The lowest BCUT2D eigenvalue weighted by Gasteiger charge is -1.69. The zero-order valence-corrected chi connectivity index (χ0v) is 3.46. The number of nitrogens with two attached hydrogens (primary N) is 3. The van der Waals surface area contributed by atoms with E-state index in [-0.39, 0.29) is 18.1 Å². The number of hydrogen-bond donors (Lipinski definition) is 3. The standard InChI is InChI=1S/C3H9N3/c4-1-2(5)3(1)6/h1-3H,4-6H2. The van der Waals surface area contributed by atoms with E-state index in [2.05, 4.69) is 0 Å². The summed E-state index contributed by atoms with van der Waals surface area (Å²) >= 11 is 0. The van der Waals surface area contributed by atoms with Gasteiger partial charge in [0.2, 0.25) is 0 Å². The Labute approximate surface area is 36.5 Å². The summed E-state index contributed by atoms with van der Waals surface area (Å²) in [7, 11) is 0. The van der Waals surface area contributed by atoms with Gasteiger partial charge in [-0.3, -0.25) is 0 Å². The van der Waals surface area contributed by atoms with Crippen molar-refractivity contribution in [3.05, 3.63) is 0 Å². The third kappa shape index (κ3) is 0.330. The fourth-order valence-corrected chi connectivity index (χ4v) is 0.385. The summed E-state index contributed by atoms with van der Waals surface area (Å²) in [6.45, 7) is 0. The van der Waals surface area contributed by atoms with E-state index in [1.807, 2.05) is 0 Å². The second-order valence-electron chi connectivity index (χ2n) is 1.73. The molecule has 1 saturated carbocycles. The summed E-state index contributed by atoms with van der Waals surface area (Å²) in [5.74, 6) is 0. The zero-order valence-electron chi connectivity index (χ0n) is 3.46. The molecule has 0 spiro atoms. The van der Waals surface area contributed by atoms with Crippen LogP contribution >= 0.6 is 0 Å². The molecule has 1 aliphatic rings. The molecule has 0 atom stereocenters. The van der Waals surface area contributed by atoms with Gasteiger partial charge in [0.25, 0.3) is 0 Å². The quantitative estimate of drug-likeness (QED) is 0.319. The molecular weight excluding hydrogens is 78.1 g/mol. The van der Waals surface area contributed by atoms with E-state index >= 15 is 0 Å². The van der Waals surface area contributed by atoms with Crippen LogP contribution in [0.4, 0.5) is 0 Å². The lowest BCUT2D eigenvalue weighted by molar-refractivity contribution is 0.962. The molecule has 0 amide bonds. The van der Waals surface area contributed by atoms with Gasteiger partial charge in [0.1, 0.15) is 0 Å². The molecule has 0 aromatic rings. The van der Waals surface area contributed by atoms with Crippen molar-refractivity contribution < 1.29 is 0 Å². The van der Waals surface area contributed by atoms with Crippen molar-refractivity contribution in [2.45, 2.75) is 18.1 Å². The van der Waals surface area contributed by atoms with Gasteiger partial charge in [0, 0.05) is 18.1 Å². The number of rotatable bonds is 0. The van der Waals surface area contributed by atoms with Crippen LogP contribution in [0.25, 0.3) is 0 Å². The second-order valence-corrected chi connectivity index (χ2v) is 1.73. The van der Waals surface area contributed by atoms with Crippen molar-refractivity contribution in [2.24, 2.45) is 17.2 Å². The molecule has 6 heavy (non-hydrogen) atoms. The Morgan fingerprint density at radius 2 is 0.833 bits per heavy atom. The van der Waals surface area contributed by atoms with E-state index in [1.54, 1.807) is 0 Å². The molecule has 0 heterocycles. The first-order valence-corrected chi connectivity index (χ1v) is 2.00. The van der Waals surface area contributed by atoms with Gasteiger partial charge in [0.15, 0.2) is 0 Å². The molecule has 0 bridgehead atoms. The summed E-state index contributed by atoms with van der Waals surface area (Å²) in [6, 6.07) is 0.222. The molecule has 1 aliphatic carbocycles. The fraction of sp³-hybridized carbons (Fsp3) is 1.00. The Kier molecular flexibility index (Phi) is 0.629. The summed E-state index contributed by atoms with van der Waals surface area (Å²) < 4.78 is 0. The SMILES string of the molecule is NC1C(N)C1N. The van der Waals surface area contributed by atoms with E-state index < -0.39 is 0 Å². The molecular formula is C3H9N3. The smallest absolute Gasteiger partial charge is 0.0378 e. The second kappa shape index (κ2) is 0.932. The number of hydrogen-bond acceptors (Lipinski definition) is 3. The van der Waals surface area contributed by atoms with Gasteiger partial charge in [-0.25, -0.2) is 0 Å². The third-order valence-electron chi connectivity index (χ3n) is 1.19. The molecule has 0 radical (unpaired) electrons. The van der Waals surface area contributed by atoms with Gasteiger partial charge in [-0.1, -0.05) is 0 Å². The normalized spacial score (nSPS) is 55.5. The fourth-order valence-electron chi connectivity index (χ4n) is 0.385. The minimum Gasteiger partial charge on any atom is -0.325 e. The van der Waals surface area contributed by atoms with Crippen LogP contribution in [0.1, 0.15) is 0 Å². The molecule has 1 fully saturated rings. The van der Waals surface area contributed by atoms with Crippen LogP contribution in [0.15, 0.2) is 0 Å². The van der Waals surface area contributed by atoms with Crippen LogP contribution in [0.5, 0.6) is 0 Å². The van der Waals surface area contributed by atoms with Crippen LogP contribution in [0.2, 0.25) is 0 Å². The van der Waals surface area contributed by atoms with Gasteiger partial charge in [-0.15, -0.1) is 0 Å². The van der Waals surface area contributed by atoms with E-state index in [9.17, 15) is 0 Å². The van der Waals surface area contributed by atoms with Gasteiger partial charge in [-0.2, -0.15) is 0 Å². The zero-order chi connectivity index (χ0) is 4.73. The van der Waals surface area contributed by atoms with E-state index in [0.29, 0.717) is 0 Å². The summed E-state index contributed by atoms with van der Waals surface area (Å²) in [4.78, 5) is 0. The summed E-state index contributed by atoms with van der Waals surface area (Å²) in [5.41, 5.74) is 15.8. The van der Waals surface area contributed by atoms with Crippen LogP contribution in [-0.4, -0.2) is 18.1 Å². The first-order valence-electron chi connectivity index (χ1n) is 2.00. The van der Waals surface area contributed by atoms with Crippen LogP contribution < -0.4 is 17.2 Å². The Balaban J connectivity index is 2.31. The minimum absolute atomic E-state index is 0.0741. The van der Waals surface area contributed by atoms with Crippen LogP contribution in [0.3, 0.4) is 0 Å². The van der Waals surface area contributed by atoms with Gasteiger partial charge < -0.3 is 17.2 Å². The van der Waals surface area contributed by atoms with Crippen LogP contribution in [-0.2, 0) is 0 Å². The highest BCUT2D eigenvalue weighted by molar-refractivity contribution is 5.09. The predicted octanol–water partition coefficient (Wildman–Crippen LogP) is -2.02. The van der Waals surface area contributed by atoms with Crippen molar-refractivity contribution in [1.82, 2.24) is 0 Å². The molecule has 3 nitrogen and oxygen atoms in total. The predicted molar refractivity (Wildman–Crippen MR) is 23.9 cm³/mol. The molecule has 0 saturated heterocycles. The molecule has 0 aromatic carbocycles. The Hall–Kier alpha value is -0.120. The average molecular weight is 87.1 g/mol. The highest BCUT2D eigenvalue weighted by atomic mass is 15.0. The van der Waals surface area contributed by atoms with Crippen molar-refractivity contribution in [3.8, 4) is 0 Å². The molecule has 6 N–H and O–H groups in total. The lowest BCUT2D eigenvalue weighted by Crippen LogP contribution is -2.12. The Bertz CT molecular complexity index is 42.8. The highest BCUT2D eigenvalue weighted by Crippen LogP contribution is 2.12. The van der Waals surface area contributed by atoms with Gasteiger partial charge in [0.05, 0.1) is 0 Å². The Morgan fingerprint density at radius 1 is 0.667 bits per heavy atom. The summed E-state index contributed by atoms with van der Waals surface area (Å²) in [5, 5.41) is 0. The van der Waals surface area contributed by atoms with E-state index in [4.69, 9.17) is 17.2 Å². The van der Waals surface area contributed by atoms with Crippen LogP contribution in [0, 0.1) is 0 Å². The van der Waals surface area contributed by atoms with Crippen molar-refractivity contribution in [1.29, 1.82) is 0 Å². The minimum atomic E-state index is 0.0741. The maximum Gasteiger partial charge on any atom is 0.0378 e. The molecule has 1 rings (SSSR count). The molecule has 0 unspecified atom stereocenters. The highest BCUT2D eigenvalue weighted by Gasteiger charge is 2.41. The maximum absolute atomic E-state index is 5.26. The maximum atomic E-state index is 5.26. The molecule has 0 aromatic heterocycles. The van der Waals surface area contributed by atoms with E-state index in [0.717, 1.165) is 0 Å². The van der Waals surface area contributed by atoms with Crippen molar-refractivity contribution in [3.63, 3.8) is 0 Å². The topological polar surface area (TPSA) is 78.1 Å². The summed E-state index contributed by atoms with van der Waals surface area (Å²) in [6.07, 6.45) is 0. The first kappa shape index (κ1) is 4.05. The molecule has 3 heteroatoms. The molecule has 36 valence electrons. The van der Waals surface area contributed by atoms with Crippen molar-refractivity contribution >= 4 is 0 Å². The van der Waals surface area contributed by atoms with Gasteiger partial charge in [-0.05, 0) is 0 Å². The van der Waals surface area contributed by atoms with E-state index in [1.165, 1.54) is 0 Å².